The van der Waals surface area contributed by atoms with Gasteiger partial charge >= 0.3 is 6.09 Å². The van der Waals surface area contributed by atoms with Gasteiger partial charge in [-0.2, -0.15) is 0 Å². The first-order valence-corrected chi connectivity index (χ1v) is 17.2. The fraction of sp³-hybridized carbons (Fsp3) is 0.342. The molecule has 0 saturated carbocycles. The summed E-state index contributed by atoms with van der Waals surface area (Å²) in [6.07, 6.45) is 3.96. The van der Waals surface area contributed by atoms with Gasteiger partial charge in [0.2, 0.25) is 12.4 Å². The van der Waals surface area contributed by atoms with E-state index in [1.54, 1.807) is 29.2 Å². The normalized spacial score (nSPS) is 18.7. The van der Waals surface area contributed by atoms with E-state index in [-0.39, 0.29) is 34.7 Å². The van der Waals surface area contributed by atoms with Crippen LogP contribution in [0.1, 0.15) is 56.9 Å². The molecule has 1 amide bonds. The van der Waals surface area contributed by atoms with E-state index in [0.29, 0.717) is 51.9 Å². The predicted molar refractivity (Wildman–Crippen MR) is 187 cm³/mol. The summed E-state index contributed by atoms with van der Waals surface area (Å²) in [4.78, 5) is 31.0. The Morgan fingerprint density at radius 2 is 1.70 bits per heavy atom. The van der Waals surface area contributed by atoms with Crippen molar-refractivity contribution in [1.29, 1.82) is 0 Å². The number of fused-ring (bicyclic) bond motifs is 3. The molecular weight excluding hydrogens is 681 g/mol. The zero-order chi connectivity index (χ0) is 35.5. The molecule has 4 heterocycles. The second kappa shape index (κ2) is 15.2. The summed E-state index contributed by atoms with van der Waals surface area (Å²) >= 11 is 13.3. The highest BCUT2D eigenvalue weighted by atomic mass is 35.5. The Morgan fingerprint density at radius 1 is 1.00 bits per heavy atom. The molecule has 0 unspecified atom stereocenters. The first kappa shape index (κ1) is 35.3. The second-order valence-electron chi connectivity index (χ2n) is 12.8. The molecule has 1 N–H and O–H groups in total. The molecule has 12 heteroatoms. The molecule has 2 bridgehead atoms. The average molecular weight is 721 g/mol. The van der Waals surface area contributed by atoms with Gasteiger partial charge in [-0.05, 0) is 85.6 Å². The zero-order valence-corrected chi connectivity index (χ0v) is 29.6. The minimum absolute atomic E-state index is 0.00206. The Labute approximate surface area is 301 Å². The highest BCUT2D eigenvalue weighted by Crippen LogP contribution is 2.41. The number of methoxy groups -OCH3 is 2. The van der Waals surface area contributed by atoms with Gasteiger partial charge in [0, 0.05) is 28.3 Å². The average Bonchev–Trinajstić information content (AvgIpc) is 3.11. The van der Waals surface area contributed by atoms with Crippen LogP contribution in [0.25, 0.3) is 0 Å². The van der Waals surface area contributed by atoms with E-state index in [0.717, 1.165) is 36.2 Å². The zero-order valence-electron chi connectivity index (χ0n) is 28.1. The number of piperidine rings is 3. The van der Waals surface area contributed by atoms with Gasteiger partial charge in [0.15, 0.2) is 11.5 Å². The van der Waals surface area contributed by atoms with E-state index in [1.165, 1.54) is 32.7 Å². The Hall–Kier alpha value is -4.51. The summed E-state index contributed by atoms with van der Waals surface area (Å²) in [5.41, 5.74) is 3.55. The van der Waals surface area contributed by atoms with Crippen LogP contribution in [-0.4, -0.2) is 62.1 Å². The minimum Gasteiger partial charge on any atom is -0.545 e. The number of carboxylic acids is 1. The first-order chi connectivity index (χ1) is 24.1. The van der Waals surface area contributed by atoms with Gasteiger partial charge in [-0.15, -0.1) is 0 Å². The van der Waals surface area contributed by atoms with E-state index in [2.05, 4.69) is 4.90 Å². The molecule has 0 aliphatic carbocycles. The van der Waals surface area contributed by atoms with Crippen LogP contribution in [0.3, 0.4) is 0 Å². The van der Waals surface area contributed by atoms with Crippen molar-refractivity contribution in [2.45, 2.75) is 44.8 Å². The molecule has 2 atom stereocenters. The molecular formula is C38H39Cl2N3O7. The molecule has 262 valence electrons. The molecule has 0 radical (unpaired) electrons. The number of hydrogen-bond donors (Lipinski definition) is 1. The van der Waals surface area contributed by atoms with Crippen LogP contribution in [0.5, 0.6) is 11.5 Å². The van der Waals surface area contributed by atoms with Crippen LogP contribution < -0.4 is 24.2 Å². The number of carboxylic acid groups (broad SMARTS) is 1. The maximum absolute atomic E-state index is 14.2. The number of nitrogens with zero attached hydrogens (tertiary/aromatic N) is 3. The maximum atomic E-state index is 14.2. The number of carbonyl (C=O) groups excluding carboxylic acids is 2. The lowest BCUT2D eigenvalue weighted by Crippen LogP contribution is -2.53. The number of carbonyl (C=O) groups is 2. The number of para-hydroxylation sites is 1. The van der Waals surface area contributed by atoms with Crippen LogP contribution in [0.15, 0.2) is 73.1 Å². The van der Waals surface area contributed by atoms with Crippen molar-refractivity contribution >= 4 is 41.0 Å². The number of aryl methyl sites for hydroxylation is 1. The molecule has 3 aliphatic heterocycles. The lowest BCUT2D eigenvalue weighted by molar-refractivity contribution is -0.904. The van der Waals surface area contributed by atoms with Crippen LogP contribution >= 0.6 is 23.2 Å². The molecule has 3 fully saturated rings. The number of benzene rings is 3. The molecule has 7 rings (SSSR count). The molecule has 10 nitrogen and oxygen atoms in total. The van der Waals surface area contributed by atoms with Crippen molar-refractivity contribution in [3.8, 4) is 11.5 Å². The summed E-state index contributed by atoms with van der Waals surface area (Å²) < 4.78 is 18.1. The number of aromatic carboxylic acids is 1. The summed E-state index contributed by atoms with van der Waals surface area (Å²) in [7, 11) is 3.05. The number of anilines is 1. The molecule has 1 aromatic heterocycles. The number of ether oxygens (including phenoxy) is 3. The van der Waals surface area contributed by atoms with Crippen LogP contribution in [0, 0.1) is 12.8 Å². The van der Waals surface area contributed by atoms with E-state index < -0.39 is 18.0 Å². The SMILES string of the molecule is COc1ccc([C@H](Cc2c(Cl)c[n+](O)cc2Cl)c2c(CN(C(=O)O[C@H]3CN4CCC3CC4)c3ccccc3C)cccc2C(=O)[O-])cc1OC. The number of hydrogen-bond acceptors (Lipinski definition) is 8. The highest BCUT2D eigenvalue weighted by molar-refractivity contribution is 6.35. The number of amides is 1. The van der Waals surface area contributed by atoms with Gasteiger partial charge in [0.05, 0.1) is 32.4 Å². The number of halogens is 2. The lowest BCUT2D eigenvalue weighted by Gasteiger charge is -2.44. The Bertz CT molecular complexity index is 1870. The smallest absolute Gasteiger partial charge is 0.414 e. The lowest BCUT2D eigenvalue weighted by atomic mass is 9.80. The Kier molecular flexibility index (Phi) is 10.7. The van der Waals surface area contributed by atoms with Crippen molar-refractivity contribution in [2.75, 3.05) is 38.8 Å². The molecule has 4 aromatic rings. The topological polar surface area (TPSA) is 115 Å². The first-order valence-electron chi connectivity index (χ1n) is 16.5. The summed E-state index contributed by atoms with van der Waals surface area (Å²) in [5.74, 6) is -0.861. The number of pyridine rings is 1. The van der Waals surface area contributed by atoms with Gasteiger partial charge < -0.3 is 24.1 Å². The second-order valence-corrected chi connectivity index (χ2v) is 13.6. The van der Waals surface area contributed by atoms with Crippen molar-refractivity contribution < 1.29 is 38.8 Å². The Morgan fingerprint density at radius 3 is 2.32 bits per heavy atom. The van der Waals surface area contributed by atoms with Crippen molar-refractivity contribution in [2.24, 2.45) is 5.92 Å². The van der Waals surface area contributed by atoms with Gasteiger partial charge in [-0.1, -0.05) is 65.7 Å². The minimum atomic E-state index is -1.39. The van der Waals surface area contributed by atoms with Crippen LogP contribution in [0.4, 0.5) is 10.5 Å². The van der Waals surface area contributed by atoms with E-state index in [4.69, 9.17) is 37.4 Å². The number of rotatable bonds is 11. The molecule has 0 spiro atoms. The molecule has 3 saturated heterocycles. The molecule has 50 heavy (non-hydrogen) atoms. The predicted octanol–water partition coefficient (Wildman–Crippen LogP) is 5.82. The fourth-order valence-corrected chi connectivity index (χ4v) is 7.86. The third-order valence-electron chi connectivity index (χ3n) is 9.85. The third kappa shape index (κ3) is 7.33. The standard InChI is InChI=1S/C38H39Cl2N3O7/c1-23-7-4-5-10-32(23)43(38(46)50-35-22-41-15-13-24(35)14-16-41)19-26-8-6-9-27(37(44)45)36(26)28(18-29-30(39)20-42(47)21-31(29)40)25-11-12-33(48-2)34(17-25)49-3/h4-12,17,20-21,24,28,35H,13-16,18-19,22H2,1-3H3,(H-,44,45,47)/t28-,35-/m0/s1. The highest BCUT2D eigenvalue weighted by Gasteiger charge is 2.38. The van der Waals surface area contributed by atoms with Crippen LogP contribution in [-0.2, 0) is 17.7 Å². The van der Waals surface area contributed by atoms with Crippen LogP contribution in [0.2, 0.25) is 10.0 Å². The Balaban J connectivity index is 1.49. The van der Waals surface area contributed by atoms with E-state index in [1.807, 2.05) is 37.3 Å². The van der Waals surface area contributed by atoms with E-state index >= 15 is 0 Å². The number of aromatic nitrogens is 1. The maximum Gasteiger partial charge on any atom is 0.414 e. The summed E-state index contributed by atoms with van der Waals surface area (Å²) in [6, 6.07) is 17.8. The largest absolute Gasteiger partial charge is 0.545 e. The van der Waals surface area contributed by atoms with Crippen molar-refractivity contribution in [3.63, 3.8) is 0 Å². The monoisotopic (exact) mass is 719 g/mol. The molecule has 3 aliphatic rings. The third-order valence-corrected chi connectivity index (χ3v) is 10.5. The van der Waals surface area contributed by atoms with Gasteiger partial charge in [-0.3, -0.25) is 15.0 Å². The van der Waals surface area contributed by atoms with Gasteiger partial charge in [0.1, 0.15) is 16.1 Å². The fourth-order valence-electron chi connectivity index (χ4n) is 7.26. The summed E-state index contributed by atoms with van der Waals surface area (Å²) in [6.45, 7) is 4.62. The van der Waals surface area contributed by atoms with Gasteiger partial charge in [-0.25, -0.2) is 4.79 Å². The van der Waals surface area contributed by atoms with Gasteiger partial charge in [0.25, 0.3) is 0 Å². The summed E-state index contributed by atoms with van der Waals surface area (Å²) in [5, 5.41) is 23.3. The van der Waals surface area contributed by atoms with Crippen molar-refractivity contribution in [3.05, 3.63) is 116 Å². The quantitative estimate of drug-likeness (QED) is 0.152. The molecule has 3 aromatic carbocycles. The van der Waals surface area contributed by atoms with Crippen molar-refractivity contribution in [1.82, 2.24) is 4.90 Å². The van der Waals surface area contributed by atoms with E-state index in [9.17, 15) is 19.9 Å².